The Morgan fingerprint density at radius 1 is 0.380 bits per heavy atom. The summed E-state index contributed by atoms with van der Waals surface area (Å²) in [4.78, 5) is 169. The number of ether oxygens (including phenoxy) is 11. The molecule has 2 aliphatic rings. The van der Waals surface area contributed by atoms with E-state index in [4.69, 9.17) is 52.1 Å². The van der Waals surface area contributed by atoms with Crippen molar-refractivity contribution in [2.24, 2.45) is 38.4 Å². The van der Waals surface area contributed by atoms with Gasteiger partial charge in [-0.05, 0) is 207 Å². The van der Waals surface area contributed by atoms with Crippen molar-refractivity contribution in [3.63, 3.8) is 0 Å². The molecule has 2 saturated carbocycles. The molecule has 0 bridgehead atoms. The maximum atomic E-state index is 13.3. The molecular weight excluding hydrogens is 1920 g/mol. The van der Waals surface area contributed by atoms with Gasteiger partial charge in [-0.15, -0.1) is 58.8 Å². The number of hydrogen-bond donors (Lipinski definition) is 1. The predicted molar refractivity (Wildman–Crippen MR) is 550 cm³/mol. The summed E-state index contributed by atoms with van der Waals surface area (Å²) in [6.07, 6.45) is 12.3. The largest absolute Gasteiger partial charge is 0.466 e. The molecule has 760 valence electrons. The molecule has 0 saturated heterocycles. The van der Waals surface area contributed by atoms with Crippen LogP contribution in [0.5, 0.6) is 0 Å². The number of esters is 10. The Morgan fingerprint density at radius 2 is 0.708 bits per heavy atom. The lowest BCUT2D eigenvalue weighted by molar-refractivity contribution is -0.159. The maximum Gasteiger partial charge on any atom is 0.407 e. The summed E-state index contributed by atoms with van der Waals surface area (Å²) in [5, 5.41) is 3.47. The van der Waals surface area contributed by atoms with Gasteiger partial charge in [-0.1, -0.05) is 171 Å². The van der Waals surface area contributed by atoms with Crippen molar-refractivity contribution in [1.29, 1.82) is 0 Å². The number of hydrogen-bond acceptors (Lipinski definition) is 33. The number of amides is 1. The van der Waals surface area contributed by atoms with Crippen LogP contribution in [0.25, 0.3) is 0 Å². The van der Waals surface area contributed by atoms with E-state index in [2.05, 4.69) is 174 Å². The summed E-state index contributed by atoms with van der Waals surface area (Å²) in [6, 6.07) is 33.9. The Morgan fingerprint density at radius 3 is 1.07 bits per heavy atom. The summed E-state index contributed by atoms with van der Waals surface area (Å²) in [6.45, 7) is 40.3. The van der Waals surface area contributed by atoms with Gasteiger partial charge in [0.1, 0.15) is 59.5 Å². The van der Waals surface area contributed by atoms with Crippen LogP contribution in [0, 0.1) is 38.4 Å². The summed E-state index contributed by atoms with van der Waals surface area (Å²) < 4.78 is 57.6. The zero-order valence-electron chi connectivity index (χ0n) is 82.9. The number of carbonyl (C=O) groups is 13. The standard InChI is InChI=1S/C63H85NO6S6.C40H60O18S3/c1-58(2,3)75-52-27-23-48(24-28-52)71-46-15-19-50(20-16-46)73-55(66)31-33-62(11)39-44(38-60(7,8)42-62)37-54(65)69-35-13-14-36-70-57(68)64-45-40-61(9,10)43-63(12,41-45)34-32-56(67)74-51-21-17-47(18-22-51)72-49-25-29-53(30-26-49)76-59(4,5)6;1-7-30(41)50-15-17-53-33(44)11-21-59-24-36(47)56-27-40(9-3,28-57-37(48)25-60-22-12-34(45)54-18-16-51-31(42)8-2)29-58-38(49)26-61-23-13-35(46)55-20-19-52-32(43)10-14-39(4,5)6/h15-30,44-45H,13-14,31-43H2,1-12H3,(H,64,68);7-8H,1-2,9-29H2,3-6H3. The van der Waals surface area contributed by atoms with Crippen LogP contribution in [0.4, 0.5) is 4.79 Å². The fourth-order valence-corrected chi connectivity index (χ4v) is 22.8. The highest BCUT2D eigenvalue weighted by atomic mass is 32.2. The van der Waals surface area contributed by atoms with Crippen LogP contribution < -0.4 is 5.32 Å². The number of unbranched alkanes of at least 4 members (excludes halogenated alkanes) is 1. The van der Waals surface area contributed by atoms with Gasteiger partial charge < -0.3 is 57.4 Å². The van der Waals surface area contributed by atoms with Gasteiger partial charge in [0.15, 0.2) is 10.2 Å². The van der Waals surface area contributed by atoms with Gasteiger partial charge in [0.2, 0.25) is 0 Å². The molecule has 6 rings (SSSR count). The van der Waals surface area contributed by atoms with Crippen molar-refractivity contribution in [2.45, 2.75) is 287 Å². The lowest BCUT2D eigenvalue weighted by atomic mass is 9.59. The summed E-state index contributed by atoms with van der Waals surface area (Å²) >= 11 is 13.2. The molecule has 34 heteroatoms. The molecule has 0 heterocycles. The summed E-state index contributed by atoms with van der Waals surface area (Å²) in [5.74, 6) is -4.80. The maximum absolute atomic E-state index is 13.3. The van der Waals surface area contributed by atoms with Crippen LogP contribution in [0.3, 0.4) is 0 Å². The highest BCUT2D eigenvalue weighted by molar-refractivity contribution is 8.14. The van der Waals surface area contributed by atoms with Gasteiger partial charge in [-0.3, -0.25) is 47.9 Å². The van der Waals surface area contributed by atoms with Crippen LogP contribution in [0.2, 0.25) is 0 Å². The van der Waals surface area contributed by atoms with E-state index in [0.717, 1.165) is 118 Å². The van der Waals surface area contributed by atoms with Crippen LogP contribution in [0.15, 0.2) is 162 Å². The lowest BCUT2D eigenvalue weighted by Gasteiger charge is -2.47. The number of carbonyl (C=O) groups excluding carboxylic acids is 13. The van der Waals surface area contributed by atoms with Gasteiger partial charge in [-0.25, -0.2) is 14.4 Å². The zero-order chi connectivity index (χ0) is 101. The first-order valence-corrected chi connectivity index (χ1v) is 54.9. The van der Waals surface area contributed by atoms with Crippen LogP contribution in [0.1, 0.15) is 233 Å². The molecule has 2 aliphatic carbocycles. The number of nitrogens with one attached hydrogen (secondary N) is 1. The van der Waals surface area contributed by atoms with Crippen molar-refractivity contribution in [1.82, 2.24) is 5.32 Å². The highest BCUT2D eigenvalue weighted by Crippen LogP contribution is 2.53. The Labute approximate surface area is 850 Å². The second-order valence-electron chi connectivity index (χ2n) is 39.5. The fraction of sp³-hybridized carbons (Fsp3) is 0.602. The molecule has 25 nitrogen and oxygen atoms in total. The molecule has 4 atom stereocenters. The molecule has 0 aromatic heterocycles. The van der Waals surface area contributed by atoms with E-state index >= 15 is 0 Å². The van der Waals surface area contributed by atoms with Crippen molar-refractivity contribution < 1.29 is 114 Å². The molecule has 4 unspecified atom stereocenters. The van der Waals surface area contributed by atoms with Crippen LogP contribution in [-0.4, -0.2) is 199 Å². The minimum absolute atomic E-state index is 0.000436. The van der Waals surface area contributed by atoms with Gasteiger partial charge >= 0.3 is 65.8 Å². The summed E-state index contributed by atoms with van der Waals surface area (Å²) in [7, 11) is 0. The zero-order valence-corrected chi connectivity index (χ0v) is 90.2. The molecule has 2 fully saturated rings. The average molecular weight is 2070 g/mol. The first-order valence-electron chi connectivity index (χ1n) is 46.6. The van der Waals surface area contributed by atoms with E-state index < -0.39 is 59.3 Å². The van der Waals surface area contributed by atoms with E-state index in [1.807, 2.05) is 68.6 Å². The molecule has 1 N–H and O–H groups in total. The Kier molecular flexibility index (Phi) is 54.1. The van der Waals surface area contributed by atoms with Crippen molar-refractivity contribution in [3.05, 3.63) is 122 Å². The minimum atomic E-state index is -1.13. The number of rotatable bonds is 57. The van der Waals surface area contributed by atoms with E-state index in [1.54, 1.807) is 30.4 Å². The summed E-state index contributed by atoms with van der Waals surface area (Å²) in [5.41, 5.74) is -1.21. The smallest absolute Gasteiger partial charge is 0.407 e. The highest BCUT2D eigenvalue weighted by Gasteiger charge is 2.44. The molecule has 137 heavy (non-hydrogen) atoms. The molecular formula is C103H145NO24S9. The van der Waals surface area contributed by atoms with Gasteiger partial charge in [0, 0.05) is 110 Å². The normalized spacial score (nSPS) is 16.7. The predicted octanol–water partition coefficient (Wildman–Crippen LogP) is 23.0. The molecule has 0 spiro atoms. The number of thioether (sulfide) groups is 7. The first-order chi connectivity index (χ1) is 64.5. The monoisotopic (exact) mass is 2070 g/mol. The molecule has 0 aliphatic heterocycles. The molecule has 0 radical (unpaired) electrons. The van der Waals surface area contributed by atoms with E-state index in [9.17, 15) is 62.3 Å². The van der Waals surface area contributed by atoms with Crippen molar-refractivity contribution in [2.75, 3.05) is 107 Å². The average Bonchev–Trinajstić information content (AvgIpc) is 0.797. The number of alkyl carbamates (subject to hydrolysis) is 1. The van der Waals surface area contributed by atoms with Gasteiger partial charge in [0.25, 0.3) is 0 Å². The Hall–Kier alpha value is -7.18. The quantitative estimate of drug-likeness (QED) is 0.0141. The Bertz CT molecular complexity index is 4270. The van der Waals surface area contributed by atoms with E-state index in [1.165, 1.54) is 43.1 Å². The molecule has 4 aromatic rings. The van der Waals surface area contributed by atoms with Gasteiger partial charge in [0.05, 0.1) is 55.1 Å². The minimum Gasteiger partial charge on any atom is -0.466 e. The molecule has 4 aromatic carbocycles. The third-order valence-electron chi connectivity index (χ3n) is 21.3. The van der Waals surface area contributed by atoms with Crippen molar-refractivity contribution in [3.8, 4) is 0 Å². The van der Waals surface area contributed by atoms with Crippen LogP contribution in [-0.2, 0) is 110 Å². The van der Waals surface area contributed by atoms with E-state index in [0.29, 0.717) is 38.5 Å². The third-order valence-corrected chi connectivity index (χ3v) is 30.3. The van der Waals surface area contributed by atoms with Crippen LogP contribution >= 0.6 is 106 Å². The third kappa shape index (κ3) is 55.7. The first kappa shape index (κ1) is 120. The number of benzene rings is 4. The van der Waals surface area contributed by atoms with Crippen molar-refractivity contribution >= 4 is 182 Å². The topological polar surface area (TPSA) is 335 Å². The fourth-order valence-electron chi connectivity index (χ4n) is 15.6. The lowest BCUT2D eigenvalue weighted by Crippen LogP contribution is -2.47. The Balaban J connectivity index is 0.000000498. The second kappa shape index (κ2) is 61.6. The second-order valence-corrected chi connectivity index (χ2v) is 51.2. The SMILES string of the molecule is C=CC(=O)OCCOC(=O)CCSCC(=O)OCC(CC)(COC(=O)CSCCC(=O)OCCOC(=O)C=C)COC(=O)CSCCC(=O)OCCOC(=O)CCC(C)(C)C.CC1(C)CC(CC(=O)OCCCCOC(=O)NC2CC(C)(C)CC(C)(CCC(=O)Sc3ccc(Sc4ccc(SC(C)(C)C)cc4)cc3)C2)CC(C)(CCC(=O)Sc2ccc(Sc3ccc(SC(C)(C)C)cc3)cc2)C1. The van der Waals surface area contributed by atoms with E-state index in [-0.39, 0.29) is 210 Å². The molecule has 1 amide bonds. The van der Waals surface area contributed by atoms with Gasteiger partial charge in [-0.2, -0.15) is 0 Å².